The third kappa shape index (κ3) is 4.86. The standard InChI is InChI=1S/C17H23ClN2O4S/c1-20-8-6-14(11-17(20)21)19-25(22,23)16-10-13(18)4-5-15(16)24-9-7-12-2-3-12/h4-5,10,12,14,19H,2-3,6-9,11H2,1H3/t14-/m0/s1. The van der Waals surface area contributed by atoms with Crippen molar-refractivity contribution < 1.29 is 17.9 Å². The molecule has 0 unspecified atom stereocenters. The highest BCUT2D eigenvalue weighted by atomic mass is 35.5. The van der Waals surface area contributed by atoms with Gasteiger partial charge in [0.25, 0.3) is 0 Å². The summed E-state index contributed by atoms with van der Waals surface area (Å²) < 4.78 is 33.9. The van der Waals surface area contributed by atoms with E-state index < -0.39 is 16.1 Å². The van der Waals surface area contributed by atoms with Crippen molar-refractivity contribution in [2.24, 2.45) is 5.92 Å². The first-order valence-electron chi connectivity index (χ1n) is 8.54. The first kappa shape index (κ1) is 18.5. The molecule has 1 aliphatic carbocycles. The second-order valence-corrected chi connectivity index (χ2v) is 8.92. The van der Waals surface area contributed by atoms with Gasteiger partial charge in [-0.05, 0) is 37.0 Å². The Labute approximate surface area is 153 Å². The number of rotatable bonds is 7. The van der Waals surface area contributed by atoms with E-state index in [1.807, 2.05) is 0 Å². The molecule has 1 heterocycles. The lowest BCUT2D eigenvalue weighted by Gasteiger charge is -2.29. The maximum atomic E-state index is 12.8. The van der Waals surface area contributed by atoms with Crippen molar-refractivity contribution in [2.45, 2.75) is 43.0 Å². The highest BCUT2D eigenvalue weighted by molar-refractivity contribution is 7.89. The number of amides is 1. The van der Waals surface area contributed by atoms with Gasteiger partial charge in [0.1, 0.15) is 10.6 Å². The molecule has 3 rings (SSSR count). The molecule has 1 aromatic rings. The smallest absolute Gasteiger partial charge is 0.244 e. The Balaban J connectivity index is 1.73. The second kappa shape index (κ2) is 7.51. The van der Waals surface area contributed by atoms with E-state index in [1.165, 1.54) is 18.9 Å². The highest BCUT2D eigenvalue weighted by Gasteiger charge is 2.29. The van der Waals surface area contributed by atoms with Crippen LogP contribution in [-0.4, -0.2) is 45.5 Å². The van der Waals surface area contributed by atoms with E-state index in [4.69, 9.17) is 16.3 Å². The Kier molecular flexibility index (Phi) is 5.55. The molecule has 1 amide bonds. The quantitative estimate of drug-likeness (QED) is 0.780. The molecule has 1 aromatic carbocycles. The number of halogens is 1. The fourth-order valence-corrected chi connectivity index (χ4v) is 4.56. The first-order chi connectivity index (χ1) is 11.8. The van der Waals surface area contributed by atoms with Gasteiger partial charge in [0.05, 0.1) is 6.61 Å². The van der Waals surface area contributed by atoms with Crippen LogP contribution in [0.5, 0.6) is 5.75 Å². The number of piperidine rings is 1. The summed E-state index contributed by atoms with van der Waals surface area (Å²) in [5, 5.41) is 0.328. The van der Waals surface area contributed by atoms with Gasteiger partial charge >= 0.3 is 0 Å². The second-order valence-electron chi connectivity index (χ2n) is 6.80. The Bertz CT molecular complexity index is 749. The predicted octanol–water partition coefficient (Wildman–Crippen LogP) is 2.42. The molecule has 6 nitrogen and oxygen atoms in total. The zero-order valence-corrected chi connectivity index (χ0v) is 15.8. The molecule has 8 heteroatoms. The number of likely N-dealkylation sites (tertiary alicyclic amines) is 1. The largest absolute Gasteiger partial charge is 0.492 e. The van der Waals surface area contributed by atoms with E-state index in [2.05, 4.69) is 4.72 Å². The molecule has 1 N–H and O–H groups in total. The predicted molar refractivity (Wildman–Crippen MR) is 95.3 cm³/mol. The van der Waals surface area contributed by atoms with Gasteiger partial charge in [0.15, 0.2) is 0 Å². The Morgan fingerprint density at radius 3 is 2.76 bits per heavy atom. The lowest BCUT2D eigenvalue weighted by molar-refractivity contribution is -0.132. The monoisotopic (exact) mass is 386 g/mol. The Hall–Kier alpha value is -1.31. The molecule has 1 saturated heterocycles. The lowest BCUT2D eigenvalue weighted by Crippen LogP contribution is -2.46. The molecule has 25 heavy (non-hydrogen) atoms. The van der Waals surface area contributed by atoms with Crippen LogP contribution in [0.3, 0.4) is 0 Å². The van der Waals surface area contributed by atoms with Crippen LogP contribution in [0.15, 0.2) is 23.1 Å². The molecular formula is C17H23ClN2O4S. The number of hydrogen-bond acceptors (Lipinski definition) is 4. The van der Waals surface area contributed by atoms with Crippen molar-refractivity contribution in [1.82, 2.24) is 9.62 Å². The molecule has 1 aliphatic heterocycles. The summed E-state index contributed by atoms with van der Waals surface area (Å²) in [5.74, 6) is 0.943. The van der Waals surface area contributed by atoms with Gasteiger partial charge in [0.2, 0.25) is 15.9 Å². The maximum absolute atomic E-state index is 12.8. The maximum Gasteiger partial charge on any atom is 0.244 e. The molecule has 0 bridgehead atoms. The van der Waals surface area contributed by atoms with Crippen molar-refractivity contribution in [3.8, 4) is 5.75 Å². The van der Waals surface area contributed by atoms with Crippen LogP contribution in [-0.2, 0) is 14.8 Å². The number of benzene rings is 1. The molecule has 2 aliphatic rings. The van der Waals surface area contributed by atoms with Crippen molar-refractivity contribution >= 4 is 27.5 Å². The number of carbonyl (C=O) groups excluding carboxylic acids is 1. The number of ether oxygens (including phenoxy) is 1. The highest BCUT2D eigenvalue weighted by Crippen LogP contribution is 2.33. The molecule has 0 radical (unpaired) electrons. The number of hydrogen-bond donors (Lipinski definition) is 1. The van der Waals surface area contributed by atoms with Crippen molar-refractivity contribution in [3.63, 3.8) is 0 Å². The zero-order valence-electron chi connectivity index (χ0n) is 14.2. The van der Waals surface area contributed by atoms with Crippen LogP contribution in [0.4, 0.5) is 0 Å². The summed E-state index contributed by atoms with van der Waals surface area (Å²) in [6.45, 7) is 1.02. The zero-order chi connectivity index (χ0) is 18.0. The van der Waals surface area contributed by atoms with Crippen LogP contribution >= 0.6 is 11.6 Å². The molecule has 0 aromatic heterocycles. The summed E-state index contributed by atoms with van der Waals surface area (Å²) in [5.41, 5.74) is 0. The fraction of sp³-hybridized carbons (Fsp3) is 0.588. The van der Waals surface area contributed by atoms with E-state index in [-0.39, 0.29) is 17.2 Å². The van der Waals surface area contributed by atoms with E-state index in [9.17, 15) is 13.2 Å². The van der Waals surface area contributed by atoms with Gasteiger partial charge in [-0.2, -0.15) is 0 Å². The average molecular weight is 387 g/mol. The molecule has 2 fully saturated rings. The minimum Gasteiger partial charge on any atom is -0.492 e. The fourth-order valence-electron chi connectivity index (χ4n) is 2.88. The van der Waals surface area contributed by atoms with E-state index in [0.29, 0.717) is 36.3 Å². The van der Waals surface area contributed by atoms with Crippen molar-refractivity contribution in [2.75, 3.05) is 20.2 Å². The van der Waals surface area contributed by atoms with Crippen molar-refractivity contribution in [3.05, 3.63) is 23.2 Å². The van der Waals surface area contributed by atoms with Crippen molar-refractivity contribution in [1.29, 1.82) is 0 Å². The Morgan fingerprint density at radius 2 is 2.08 bits per heavy atom. The summed E-state index contributed by atoms with van der Waals surface area (Å²) in [6.07, 6.45) is 4.12. The summed E-state index contributed by atoms with van der Waals surface area (Å²) in [6, 6.07) is 4.19. The van der Waals surface area contributed by atoms with E-state index in [0.717, 1.165) is 6.42 Å². The lowest BCUT2D eigenvalue weighted by atomic mass is 10.1. The summed E-state index contributed by atoms with van der Waals surface area (Å²) in [4.78, 5) is 13.4. The van der Waals surface area contributed by atoms with E-state index >= 15 is 0 Å². The van der Waals surface area contributed by atoms with Crippen LogP contribution < -0.4 is 9.46 Å². The first-order valence-corrected chi connectivity index (χ1v) is 10.4. The van der Waals surface area contributed by atoms with Crippen LogP contribution in [0, 0.1) is 5.92 Å². The van der Waals surface area contributed by atoms with Gasteiger partial charge in [0, 0.05) is 31.1 Å². The molecular weight excluding hydrogens is 364 g/mol. The van der Waals surface area contributed by atoms with Gasteiger partial charge in [-0.3, -0.25) is 4.79 Å². The van der Waals surface area contributed by atoms with E-state index in [1.54, 1.807) is 24.1 Å². The number of carbonyl (C=O) groups is 1. The molecule has 1 saturated carbocycles. The minimum atomic E-state index is -3.82. The third-order valence-corrected chi connectivity index (χ3v) is 6.43. The summed E-state index contributed by atoms with van der Waals surface area (Å²) >= 11 is 5.99. The van der Waals surface area contributed by atoms with Crippen LogP contribution in [0.2, 0.25) is 5.02 Å². The molecule has 0 spiro atoms. The van der Waals surface area contributed by atoms with Crippen LogP contribution in [0.1, 0.15) is 32.1 Å². The normalized spacial score (nSPS) is 21.4. The molecule has 1 atom stereocenters. The average Bonchev–Trinajstić information content (AvgIpc) is 3.36. The Morgan fingerprint density at radius 1 is 1.32 bits per heavy atom. The number of nitrogens with zero attached hydrogens (tertiary/aromatic N) is 1. The van der Waals surface area contributed by atoms with Gasteiger partial charge in [-0.25, -0.2) is 13.1 Å². The van der Waals surface area contributed by atoms with Gasteiger partial charge in [-0.1, -0.05) is 24.4 Å². The van der Waals surface area contributed by atoms with Gasteiger partial charge < -0.3 is 9.64 Å². The number of nitrogens with one attached hydrogen (secondary N) is 1. The molecule has 138 valence electrons. The van der Waals surface area contributed by atoms with Crippen LogP contribution in [0.25, 0.3) is 0 Å². The summed E-state index contributed by atoms with van der Waals surface area (Å²) in [7, 11) is -2.10. The SMILES string of the molecule is CN1CC[C@H](NS(=O)(=O)c2cc(Cl)ccc2OCCC2CC2)CC1=O. The number of sulfonamides is 1. The third-order valence-electron chi connectivity index (χ3n) is 4.66. The van der Waals surface area contributed by atoms with Gasteiger partial charge in [-0.15, -0.1) is 0 Å². The topological polar surface area (TPSA) is 75.7 Å². The minimum absolute atomic E-state index is 0.0298.